The van der Waals surface area contributed by atoms with E-state index in [9.17, 15) is 9.59 Å². The summed E-state index contributed by atoms with van der Waals surface area (Å²) in [5.41, 5.74) is -0.870. The second-order valence-electron chi connectivity index (χ2n) is 18.7. The molecular weight excluding hydrogens is 1080 g/mol. The normalized spacial score (nSPS) is 18.5. The molecule has 2 aromatic carbocycles. The van der Waals surface area contributed by atoms with Gasteiger partial charge in [0.2, 0.25) is 0 Å². The van der Waals surface area contributed by atoms with E-state index < -0.39 is 45.9 Å². The van der Waals surface area contributed by atoms with Crippen LogP contribution in [-0.2, 0) is 35.5 Å². The van der Waals surface area contributed by atoms with Gasteiger partial charge in [0.15, 0.2) is 0 Å². The standard InChI is InChI=1S/C47H57F2N6O8.PS.Tl/c1-9-34-37(48)16-13-29-22-33(61-28-58-8)23-35(39(29)34)41-40(49)42-36(24-50-41)43(54-25-30-14-15-31(26-54)55(30)45(57)63-47(5,6)7)52-44(51-42)60-27-32-12-10-18-53(32)19-11-20-59-21-17-38(56)62-46(2,3)4;1-2;/h13,16,22-24,30-32H,10-12,14-15,17-21,25-28H2,2-8H3;;/q;-1;+2. The Morgan fingerprint density at radius 3 is 2.45 bits per heavy atom. The van der Waals surface area contributed by atoms with Crippen molar-refractivity contribution in [2.24, 2.45) is 0 Å². The minimum absolute atomic E-state index is 0.00273. The van der Waals surface area contributed by atoms with E-state index in [0.29, 0.717) is 54.0 Å². The quantitative estimate of drug-likeness (QED) is 0.0284. The van der Waals surface area contributed by atoms with Crippen LogP contribution >= 0.6 is 4.00 Å². The first-order chi connectivity index (χ1) is 31.5. The van der Waals surface area contributed by atoms with E-state index in [1.807, 2.05) is 46.4 Å². The maximum absolute atomic E-state index is 17.6. The number of ether oxygens (including phenoxy) is 6. The maximum atomic E-state index is 17.6. The Bertz CT molecular complexity index is 2550. The van der Waals surface area contributed by atoms with Crippen molar-refractivity contribution in [3.8, 4) is 32.4 Å². The summed E-state index contributed by atoms with van der Waals surface area (Å²) >= 11 is 3.54. The molecule has 7 rings (SSSR count). The van der Waals surface area contributed by atoms with Crippen molar-refractivity contribution < 1.29 is 46.8 Å². The summed E-state index contributed by atoms with van der Waals surface area (Å²) in [5.74, 6) is 2.26. The van der Waals surface area contributed by atoms with Gasteiger partial charge in [0.25, 0.3) is 0 Å². The van der Waals surface area contributed by atoms with Crippen LogP contribution in [-0.4, -0.2) is 149 Å². The Hall–Kier alpha value is -3.80. The van der Waals surface area contributed by atoms with Crippen LogP contribution in [0.2, 0.25) is 0 Å². The Kier molecular flexibility index (Phi) is 16.8. The predicted octanol–water partition coefficient (Wildman–Crippen LogP) is 8.01. The number of anilines is 1. The van der Waals surface area contributed by atoms with Gasteiger partial charge in [-0.2, -0.15) is 0 Å². The average molecular weight is 1140 g/mol. The number of nitrogens with zero attached hydrogens (tertiary/aromatic N) is 6. The van der Waals surface area contributed by atoms with Crippen LogP contribution in [0.3, 0.4) is 0 Å². The van der Waals surface area contributed by atoms with Crippen molar-refractivity contribution in [2.75, 3.05) is 64.8 Å². The number of hydrogen-bond acceptors (Lipinski definition) is 14. The third-order valence-electron chi connectivity index (χ3n) is 11.5. The molecule has 14 nitrogen and oxygen atoms in total. The second kappa shape index (κ2) is 22.1. The molecule has 0 aliphatic carbocycles. The number of likely N-dealkylation sites (tertiary alicyclic amines) is 1. The van der Waals surface area contributed by atoms with Gasteiger partial charge in [0.05, 0.1) is 25.1 Å². The van der Waals surface area contributed by atoms with Gasteiger partial charge in [-0.05, 0) is 80.2 Å². The summed E-state index contributed by atoms with van der Waals surface area (Å²) < 4.78 is 71.7. The van der Waals surface area contributed by atoms with Crippen molar-refractivity contribution >= 4 is 78.5 Å². The Labute approximate surface area is 402 Å². The fourth-order valence-corrected chi connectivity index (χ4v) is 12.3. The summed E-state index contributed by atoms with van der Waals surface area (Å²) in [6, 6.07) is 6.05. The minimum atomic E-state index is -1.61. The Morgan fingerprint density at radius 2 is 1.74 bits per heavy atom. The summed E-state index contributed by atoms with van der Waals surface area (Å²) in [7, 11) is 1.50. The first-order valence-electron chi connectivity index (χ1n) is 22.4. The molecule has 66 heavy (non-hydrogen) atoms. The molecule has 0 radical (unpaired) electrons. The number of benzene rings is 2. The number of fused-ring (bicyclic) bond motifs is 4. The Balaban J connectivity index is 1.21. The van der Waals surface area contributed by atoms with Crippen LogP contribution in [0, 0.1) is 21.0 Å². The SMILES string of the molecule is COCOc1cc(-c2ncc3c(N4CC5CCC(C4)N5C(=O)OC(C)(C)C)nc(OCC4CCCN4CCCOCCC(=O)OC(C)(C)C)nc3c2F)c2c(C#[C][Tl]=[P+]=S)c(F)ccc2c1. The first-order valence-corrected chi connectivity index (χ1v) is 32.6. The number of carbonyl (C=O) groups is 2. The number of rotatable bonds is 15. The van der Waals surface area contributed by atoms with Crippen molar-refractivity contribution in [3.05, 3.63) is 47.7 Å². The zero-order valence-corrected chi connectivity index (χ0v) is 44.9. The van der Waals surface area contributed by atoms with Gasteiger partial charge in [-0.1, -0.05) is 0 Å². The van der Waals surface area contributed by atoms with E-state index in [-0.39, 0.29) is 78.4 Å². The summed E-state index contributed by atoms with van der Waals surface area (Å²) in [6.45, 7) is 14.6. The number of halogens is 2. The van der Waals surface area contributed by atoms with Crippen LogP contribution in [0.1, 0.15) is 85.6 Å². The van der Waals surface area contributed by atoms with Crippen molar-refractivity contribution in [1.29, 1.82) is 0 Å². The number of aromatic nitrogens is 3. The fraction of sp³-hybridized carbons (Fsp3) is 0.553. The van der Waals surface area contributed by atoms with Crippen LogP contribution in [0.15, 0.2) is 30.5 Å². The number of pyridine rings is 1. The molecule has 5 heterocycles. The number of esters is 1. The first kappa shape index (κ1) is 50.1. The molecule has 3 aliphatic heterocycles. The molecule has 1 amide bonds. The van der Waals surface area contributed by atoms with Gasteiger partial charge in [0.1, 0.15) is 11.2 Å². The molecule has 3 unspecified atom stereocenters. The summed E-state index contributed by atoms with van der Waals surface area (Å²) in [4.78, 5) is 46.1. The molecule has 0 spiro atoms. The van der Waals surface area contributed by atoms with Crippen LogP contribution < -0.4 is 14.4 Å². The molecule has 350 valence electrons. The van der Waals surface area contributed by atoms with Crippen LogP contribution in [0.25, 0.3) is 32.9 Å². The van der Waals surface area contributed by atoms with E-state index >= 15 is 8.78 Å². The van der Waals surface area contributed by atoms with E-state index in [1.54, 1.807) is 24.4 Å². The van der Waals surface area contributed by atoms with Crippen molar-refractivity contribution in [3.63, 3.8) is 0 Å². The van der Waals surface area contributed by atoms with Crippen molar-refractivity contribution in [1.82, 2.24) is 24.8 Å². The molecule has 0 N–H and O–H groups in total. The van der Waals surface area contributed by atoms with Gasteiger partial charge in [-0.3, -0.25) is 14.6 Å². The number of hydrogen-bond donors (Lipinski definition) is 0. The summed E-state index contributed by atoms with van der Waals surface area (Å²) in [5, 5.41) is 1.33. The van der Waals surface area contributed by atoms with Gasteiger partial charge in [0, 0.05) is 19.2 Å². The van der Waals surface area contributed by atoms with E-state index in [4.69, 9.17) is 55.2 Å². The molecule has 3 atom stereocenters. The van der Waals surface area contributed by atoms with Gasteiger partial charge >= 0.3 is 235 Å². The van der Waals surface area contributed by atoms with Crippen LogP contribution in [0.4, 0.5) is 19.4 Å². The zero-order chi connectivity index (χ0) is 47.2. The van der Waals surface area contributed by atoms with Gasteiger partial charge in [-0.15, -0.1) is 0 Å². The number of carbonyl (C=O) groups excluding carboxylic acids is 2. The number of amides is 1. The molecular formula is C47H57F2N6O8PSTl+. The molecule has 3 aliphatic rings. The fourth-order valence-electron chi connectivity index (χ4n) is 8.84. The summed E-state index contributed by atoms with van der Waals surface area (Å²) in [6.07, 6.45) is 5.59. The molecule has 3 saturated heterocycles. The molecule has 2 aromatic heterocycles. The van der Waals surface area contributed by atoms with Crippen LogP contribution in [0.5, 0.6) is 11.8 Å². The number of methoxy groups -OCH3 is 1. The predicted molar refractivity (Wildman–Crippen MR) is 253 cm³/mol. The molecule has 4 aromatic rings. The number of piperazine rings is 1. The molecule has 3 fully saturated rings. The van der Waals surface area contributed by atoms with Gasteiger partial charge in [-0.25, -0.2) is 4.79 Å². The topological polar surface area (TPSA) is 138 Å². The third-order valence-corrected chi connectivity index (χ3v) is 17.8. The third kappa shape index (κ3) is 12.4. The Morgan fingerprint density at radius 1 is 0.985 bits per heavy atom. The molecule has 2 bridgehead atoms. The molecule has 19 heteroatoms. The van der Waals surface area contributed by atoms with E-state index in [2.05, 4.69) is 19.2 Å². The zero-order valence-electron chi connectivity index (χ0n) is 38.7. The van der Waals surface area contributed by atoms with E-state index in [0.717, 1.165) is 49.2 Å². The molecule has 0 saturated carbocycles. The van der Waals surface area contributed by atoms with E-state index in [1.165, 1.54) is 13.2 Å². The van der Waals surface area contributed by atoms with Gasteiger partial charge < -0.3 is 14.2 Å². The monoisotopic (exact) mass is 1140 g/mol. The van der Waals surface area contributed by atoms with Crippen molar-refractivity contribution in [2.45, 2.75) is 109 Å². The average Bonchev–Trinajstić information content (AvgIpc) is 3.82. The second-order valence-corrected chi connectivity index (χ2v) is 31.3.